The van der Waals surface area contributed by atoms with Gasteiger partial charge in [0.15, 0.2) is 0 Å². The van der Waals surface area contributed by atoms with Gasteiger partial charge in [-0.3, -0.25) is 4.98 Å². The fourth-order valence-electron chi connectivity index (χ4n) is 1.33. The lowest BCUT2D eigenvalue weighted by Crippen LogP contribution is -2.24. The highest BCUT2D eigenvalue weighted by molar-refractivity contribution is 5.67. The van der Waals surface area contributed by atoms with E-state index >= 15 is 0 Å². The third kappa shape index (κ3) is 1.77. The number of rotatable bonds is 2. The van der Waals surface area contributed by atoms with E-state index in [2.05, 4.69) is 9.97 Å². The Kier molecular flexibility index (Phi) is 2.29. The number of nitrogens with one attached hydrogen (secondary N) is 1. The van der Waals surface area contributed by atoms with Gasteiger partial charge in [0.2, 0.25) is 5.71 Å². The molecule has 0 aromatic carbocycles. The Balaban J connectivity index is 2.50. The second kappa shape index (κ2) is 3.48. The van der Waals surface area contributed by atoms with Gasteiger partial charge < -0.3 is 15.3 Å². The van der Waals surface area contributed by atoms with E-state index < -0.39 is 17.9 Å². The van der Waals surface area contributed by atoms with Crippen molar-refractivity contribution in [2.24, 2.45) is 5.73 Å². The highest BCUT2D eigenvalue weighted by Gasteiger charge is 2.14. The summed E-state index contributed by atoms with van der Waals surface area (Å²) in [6.07, 6.45) is 0.632. The molecule has 2 aromatic rings. The summed E-state index contributed by atoms with van der Waals surface area (Å²) < 4.78 is 4.73. The van der Waals surface area contributed by atoms with Crippen LogP contribution in [0, 0.1) is 0 Å². The number of pyridine rings is 1. The van der Waals surface area contributed by atoms with Crippen LogP contribution in [0.25, 0.3) is 11.2 Å². The smallest absolute Gasteiger partial charge is 0.389 e. The van der Waals surface area contributed by atoms with Crippen molar-refractivity contribution >= 4 is 11.2 Å². The first-order valence-corrected chi connectivity index (χ1v) is 4.50. The van der Waals surface area contributed by atoms with Gasteiger partial charge in [-0.05, 0) is 13.0 Å². The van der Waals surface area contributed by atoms with Gasteiger partial charge in [-0.15, -0.1) is 0 Å². The van der Waals surface area contributed by atoms with E-state index in [0.717, 1.165) is 0 Å². The molecular formula is C9H11N3O3. The van der Waals surface area contributed by atoms with E-state index in [1.165, 1.54) is 6.20 Å². The molecule has 0 bridgehead atoms. The summed E-state index contributed by atoms with van der Waals surface area (Å²) in [7, 11) is 0. The summed E-state index contributed by atoms with van der Waals surface area (Å²) in [5, 5.41) is 9.68. The molecule has 2 unspecified atom stereocenters. The van der Waals surface area contributed by atoms with E-state index in [-0.39, 0.29) is 5.71 Å². The zero-order valence-electron chi connectivity index (χ0n) is 8.10. The molecule has 2 heterocycles. The zero-order chi connectivity index (χ0) is 11.0. The fourth-order valence-corrected chi connectivity index (χ4v) is 1.33. The largest absolute Gasteiger partial charge is 0.418 e. The number of hydrogen-bond acceptors (Lipinski definition) is 5. The molecule has 0 spiro atoms. The van der Waals surface area contributed by atoms with Gasteiger partial charge in [-0.25, -0.2) is 9.78 Å². The number of hydrogen-bond donors (Lipinski definition) is 3. The molecule has 6 nitrogen and oxygen atoms in total. The van der Waals surface area contributed by atoms with Crippen molar-refractivity contribution in [2.45, 2.75) is 19.1 Å². The molecule has 0 aliphatic carbocycles. The van der Waals surface area contributed by atoms with Crippen LogP contribution in [0.15, 0.2) is 21.5 Å². The molecule has 6 heteroatoms. The summed E-state index contributed by atoms with van der Waals surface area (Å²) in [5.74, 6) is -0.565. The second-order valence-corrected chi connectivity index (χ2v) is 3.44. The second-order valence-electron chi connectivity index (χ2n) is 3.44. The number of aliphatic hydroxyl groups excluding tert-OH is 1. The van der Waals surface area contributed by atoms with Crippen molar-refractivity contribution in [1.82, 2.24) is 9.97 Å². The lowest BCUT2D eigenvalue weighted by atomic mass is 10.1. The third-order valence-corrected chi connectivity index (χ3v) is 2.14. The van der Waals surface area contributed by atoms with Gasteiger partial charge in [-0.2, -0.15) is 0 Å². The van der Waals surface area contributed by atoms with Crippen molar-refractivity contribution in [3.63, 3.8) is 0 Å². The molecule has 15 heavy (non-hydrogen) atoms. The number of aromatic amines is 1. The quantitative estimate of drug-likeness (QED) is 0.640. The maximum Gasteiger partial charge on any atom is 0.418 e. The van der Waals surface area contributed by atoms with Crippen molar-refractivity contribution in [2.75, 3.05) is 0 Å². The summed E-state index contributed by atoms with van der Waals surface area (Å²) >= 11 is 0. The Morgan fingerprint density at radius 2 is 2.40 bits per heavy atom. The molecular weight excluding hydrogens is 198 g/mol. The lowest BCUT2D eigenvalue weighted by molar-refractivity contribution is 0.153. The predicted molar refractivity (Wildman–Crippen MR) is 53.2 cm³/mol. The van der Waals surface area contributed by atoms with Crippen LogP contribution in [0.4, 0.5) is 0 Å². The highest BCUT2D eigenvalue weighted by Crippen LogP contribution is 2.17. The normalized spacial score (nSPS) is 15.4. The molecule has 0 saturated heterocycles. The van der Waals surface area contributed by atoms with Crippen molar-refractivity contribution < 1.29 is 9.52 Å². The summed E-state index contributed by atoms with van der Waals surface area (Å²) in [6.45, 7) is 1.69. The standard InChI is InChI=1S/C9H11N3O3/c1-4(10)7(13)5-2-6-8(11-3-5)15-9(14)12-6/h2-4,7,13H,10H2,1H3,(H,12,14). The first-order valence-electron chi connectivity index (χ1n) is 4.50. The minimum absolute atomic E-state index is 0.223. The molecule has 2 rings (SSSR count). The van der Waals surface area contributed by atoms with E-state index in [0.29, 0.717) is 11.1 Å². The molecule has 0 aliphatic rings. The lowest BCUT2D eigenvalue weighted by Gasteiger charge is -2.13. The van der Waals surface area contributed by atoms with Crippen LogP contribution >= 0.6 is 0 Å². The molecule has 0 amide bonds. The Labute approximate surface area is 84.7 Å². The molecule has 0 aliphatic heterocycles. The first-order chi connectivity index (χ1) is 7.08. The monoisotopic (exact) mass is 209 g/mol. The van der Waals surface area contributed by atoms with Gasteiger partial charge in [0.25, 0.3) is 0 Å². The van der Waals surface area contributed by atoms with Crippen LogP contribution in [0.3, 0.4) is 0 Å². The average molecular weight is 209 g/mol. The van der Waals surface area contributed by atoms with Gasteiger partial charge in [-0.1, -0.05) is 0 Å². The van der Waals surface area contributed by atoms with Crippen LogP contribution in [0.2, 0.25) is 0 Å². The van der Waals surface area contributed by atoms with Crippen molar-refractivity contribution in [3.8, 4) is 0 Å². The molecule has 2 atom stereocenters. The van der Waals surface area contributed by atoms with Crippen molar-refractivity contribution in [3.05, 3.63) is 28.4 Å². The Hall–Kier alpha value is -1.66. The molecule has 4 N–H and O–H groups in total. The number of nitrogens with two attached hydrogens (primary N) is 1. The number of fused-ring (bicyclic) bond motifs is 1. The Morgan fingerprint density at radius 1 is 1.67 bits per heavy atom. The number of oxazole rings is 1. The molecule has 80 valence electrons. The molecule has 0 fully saturated rings. The number of aromatic nitrogens is 2. The van der Waals surface area contributed by atoms with Gasteiger partial charge in [0, 0.05) is 17.8 Å². The van der Waals surface area contributed by atoms with E-state index in [9.17, 15) is 9.90 Å². The van der Waals surface area contributed by atoms with Crippen LogP contribution in [0.1, 0.15) is 18.6 Å². The minimum Gasteiger partial charge on any atom is -0.389 e. The van der Waals surface area contributed by atoms with E-state index in [1.807, 2.05) is 0 Å². The number of H-pyrrole nitrogens is 1. The van der Waals surface area contributed by atoms with Crippen LogP contribution in [0.5, 0.6) is 0 Å². The third-order valence-electron chi connectivity index (χ3n) is 2.14. The highest BCUT2D eigenvalue weighted by atomic mass is 16.4. The maximum atomic E-state index is 10.9. The van der Waals surface area contributed by atoms with Crippen molar-refractivity contribution in [1.29, 1.82) is 0 Å². The topological polar surface area (TPSA) is 105 Å². The average Bonchev–Trinajstić information content (AvgIpc) is 2.55. The molecule has 0 radical (unpaired) electrons. The maximum absolute atomic E-state index is 10.9. The van der Waals surface area contributed by atoms with Gasteiger partial charge in [0.05, 0.1) is 6.10 Å². The number of aliphatic hydroxyl groups is 1. The summed E-state index contributed by atoms with van der Waals surface area (Å²) in [5.41, 5.74) is 6.77. The summed E-state index contributed by atoms with van der Waals surface area (Å²) in [4.78, 5) is 17.2. The number of nitrogens with zero attached hydrogens (tertiary/aromatic N) is 1. The van der Waals surface area contributed by atoms with Gasteiger partial charge >= 0.3 is 5.76 Å². The van der Waals surface area contributed by atoms with Crippen LogP contribution in [-0.4, -0.2) is 21.1 Å². The zero-order valence-corrected chi connectivity index (χ0v) is 8.10. The first kappa shape index (κ1) is 9.88. The van der Waals surface area contributed by atoms with E-state index in [1.54, 1.807) is 13.0 Å². The Morgan fingerprint density at radius 3 is 3.07 bits per heavy atom. The summed E-state index contributed by atoms with van der Waals surface area (Å²) in [6, 6.07) is 1.20. The fraction of sp³-hybridized carbons (Fsp3) is 0.333. The Bertz CT molecular complexity index is 529. The minimum atomic E-state index is -0.805. The predicted octanol–water partition coefficient (Wildman–Crippen LogP) is -0.103. The van der Waals surface area contributed by atoms with Crippen LogP contribution in [-0.2, 0) is 0 Å². The van der Waals surface area contributed by atoms with Crippen LogP contribution < -0.4 is 11.5 Å². The molecule has 0 saturated carbocycles. The SMILES string of the molecule is CC(N)C(O)c1cnc2oc(=O)[nH]c2c1. The molecule has 2 aromatic heterocycles. The van der Waals surface area contributed by atoms with E-state index in [4.69, 9.17) is 10.2 Å². The van der Waals surface area contributed by atoms with Gasteiger partial charge in [0.1, 0.15) is 5.52 Å².